The average Bonchev–Trinajstić information content (AvgIpc) is 2.55. The molecular formula is C18H24N4O. The fourth-order valence-electron chi connectivity index (χ4n) is 2.05. The van der Waals surface area contributed by atoms with Gasteiger partial charge >= 0.3 is 0 Å². The molecule has 1 aromatic carbocycles. The van der Waals surface area contributed by atoms with Gasteiger partial charge in [0.15, 0.2) is 0 Å². The van der Waals surface area contributed by atoms with Crippen molar-refractivity contribution >= 4 is 23.0 Å². The van der Waals surface area contributed by atoms with Crippen molar-refractivity contribution in [3.05, 3.63) is 48.3 Å². The topological polar surface area (TPSA) is 57.3 Å². The summed E-state index contributed by atoms with van der Waals surface area (Å²) in [6.45, 7) is 4.03. The number of benzene rings is 1. The van der Waals surface area contributed by atoms with Crippen molar-refractivity contribution in [1.29, 1.82) is 0 Å². The number of amides is 1. The van der Waals surface area contributed by atoms with Crippen molar-refractivity contribution in [2.45, 2.75) is 26.3 Å². The Labute approximate surface area is 137 Å². The van der Waals surface area contributed by atoms with E-state index in [2.05, 4.69) is 15.6 Å². The molecule has 5 nitrogen and oxygen atoms in total. The Balaban J connectivity index is 2.09. The molecule has 0 bridgehead atoms. The Bertz CT molecular complexity index is 652. The van der Waals surface area contributed by atoms with Crippen molar-refractivity contribution in [1.82, 2.24) is 10.3 Å². The lowest BCUT2D eigenvalue weighted by molar-refractivity contribution is 0.0939. The van der Waals surface area contributed by atoms with Gasteiger partial charge in [0.1, 0.15) is 0 Å². The number of anilines is 3. The maximum Gasteiger partial charge on any atom is 0.253 e. The van der Waals surface area contributed by atoms with Crippen LogP contribution in [0.4, 0.5) is 17.1 Å². The van der Waals surface area contributed by atoms with Gasteiger partial charge < -0.3 is 15.5 Å². The molecule has 0 aliphatic rings. The first-order valence-electron chi connectivity index (χ1n) is 7.80. The fourth-order valence-corrected chi connectivity index (χ4v) is 2.05. The summed E-state index contributed by atoms with van der Waals surface area (Å²) in [5.74, 6) is -0.0987. The monoisotopic (exact) mass is 312 g/mol. The third kappa shape index (κ3) is 4.71. The van der Waals surface area contributed by atoms with Crippen LogP contribution in [0.2, 0.25) is 0 Å². The number of pyridine rings is 1. The molecule has 0 saturated heterocycles. The summed E-state index contributed by atoms with van der Waals surface area (Å²) in [5.41, 5.74) is 3.44. The van der Waals surface area contributed by atoms with Crippen LogP contribution >= 0.6 is 0 Å². The highest BCUT2D eigenvalue weighted by Gasteiger charge is 2.09. The summed E-state index contributed by atoms with van der Waals surface area (Å²) in [6, 6.07) is 10.0. The normalized spacial score (nSPS) is 11.7. The van der Waals surface area contributed by atoms with E-state index >= 15 is 0 Å². The second-order valence-corrected chi connectivity index (χ2v) is 5.81. The number of carbonyl (C=O) groups excluding carboxylic acids is 1. The van der Waals surface area contributed by atoms with Crippen molar-refractivity contribution in [3.63, 3.8) is 0 Å². The van der Waals surface area contributed by atoms with E-state index in [0.717, 1.165) is 23.5 Å². The highest BCUT2D eigenvalue weighted by atomic mass is 16.1. The van der Waals surface area contributed by atoms with E-state index in [9.17, 15) is 4.79 Å². The van der Waals surface area contributed by atoms with Gasteiger partial charge in [-0.15, -0.1) is 0 Å². The van der Waals surface area contributed by atoms with Gasteiger partial charge in [-0.25, -0.2) is 0 Å². The van der Waals surface area contributed by atoms with Crippen LogP contribution in [0.5, 0.6) is 0 Å². The molecular weight excluding hydrogens is 288 g/mol. The Morgan fingerprint density at radius 3 is 2.48 bits per heavy atom. The number of hydrogen-bond acceptors (Lipinski definition) is 4. The van der Waals surface area contributed by atoms with Gasteiger partial charge in [-0.2, -0.15) is 0 Å². The molecule has 0 spiro atoms. The molecule has 2 N–H and O–H groups in total. The SMILES string of the molecule is CCC(C)NC(=O)c1cncc(Nc2ccc(N(C)C)cc2)c1. The van der Waals surface area contributed by atoms with Crippen LogP contribution in [0.1, 0.15) is 30.6 Å². The van der Waals surface area contributed by atoms with E-state index in [1.807, 2.05) is 63.2 Å². The zero-order valence-corrected chi connectivity index (χ0v) is 14.1. The van der Waals surface area contributed by atoms with Crippen LogP contribution in [0, 0.1) is 0 Å². The molecule has 1 atom stereocenters. The molecule has 1 heterocycles. The zero-order valence-electron chi connectivity index (χ0n) is 14.1. The lowest BCUT2D eigenvalue weighted by Crippen LogP contribution is -2.31. The van der Waals surface area contributed by atoms with Gasteiger partial charge in [0.25, 0.3) is 5.91 Å². The molecule has 2 rings (SSSR count). The van der Waals surface area contributed by atoms with Crippen LogP contribution in [0.25, 0.3) is 0 Å². The minimum Gasteiger partial charge on any atom is -0.378 e. The third-order valence-corrected chi connectivity index (χ3v) is 3.66. The minimum absolute atomic E-state index is 0.0987. The molecule has 1 amide bonds. The van der Waals surface area contributed by atoms with Crippen molar-refractivity contribution in [2.24, 2.45) is 0 Å². The van der Waals surface area contributed by atoms with E-state index in [0.29, 0.717) is 5.56 Å². The summed E-state index contributed by atoms with van der Waals surface area (Å²) in [6.07, 6.45) is 4.19. The first kappa shape index (κ1) is 16.8. The summed E-state index contributed by atoms with van der Waals surface area (Å²) >= 11 is 0. The molecule has 2 aromatic rings. The van der Waals surface area contributed by atoms with Crippen LogP contribution in [0.3, 0.4) is 0 Å². The highest BCUT2D eigenvalue weighted by molar-refractivity contribution is 5.95. The number of aromatic nitrogens is 1. The van der Waals surface area contributed by atoms with Gasteiger partial charge in [0.05, 0.1) is 17.4 Å². The van der Waals surface area contributed by atoms with Crippen LogP contribution in [-0.2, 0) is 0 Å². The molecule has 1 unspecified atom stereocenters. The second kappa shape index (κ2) is 7.63. The Hall–Kier alpha value is -2.56. The van der Waals surface area contributed by atoms with E-state index in [4.69, 9.17) is 0 Å². The molecule has 0 saturated carbocycles. The van der Waals surface area contributed by atoms with Gasteiger partial charge in [-0.3, -0.25) is 9.78 Å². The largest absolute Gasteiger partial charge is 0.378 e. The Morgan fingerprint density at radius 2 is 1.87 bits per heavy atom. The summed E-state index contributed by atoms with van der Waals surface area (Å²) < 4.78 is 0. The van der Waals surface area contributed by atoms with Gasteiger partial charge in [0.2, 0.25) is 0 Å². The van der Waals surface area contributed by atoms with Gasteiger partial charge in [-0.05, 0) is 43.7 Å². The number of nitrogens with one attached hydrogen (secondary N) is 2. The predicted molar refractivity (Wildman–Crippen MR) is 95.5 cm³/mol. The molecule has 1 aromatic heterocycles. The van der Waals surface area contributed by atoms with Crippen LogP contribution in [-0.4, -0.2) is 31.0 Å². The highest BCUT2D eigenvalue weighted by Crippen LogP contribution is 2.20. The molecule has 23 heavy (non-hydrogen) atoms. The number of rotatable bonds is 6. The lowest BCUT2D eigenvalue weighted by Gasteiger charge is -2.14. The molecule has 122 valence electrons. The first-order valence-corrected chi connectivity index (χ1v) is 7.80. The molecule has 0 aliphatic heterocycles. The summed E-state index contributed by atoms with van der Waals surface area (Å²) in [4.78, 5) is 18.3. The van der Waals surface area contributed by atoms with Gasteiger partial charge in [0, 0.05) is 37.7 Å². The molecule has 5 heteroatoms. The first-order chi connectivity index (χ1) is 11.0. The van der Waals surface area contributed by atoms with E-state index < -0.39 is 0 Å². The smallest absolute Gasteiger partial charge is 0.253 e. The van der Waals surface area contributed by atoms with Crippen molar-refractivity contribution < 1.29 is 4.79 Å². The Morgan fingerprint density at radius 1 is 1.17 bits per heavy atom. The molecule has 0 radical (unpaired) electrons. The quantitative estimate of drug-likeness (QED) is 0.858. The maximum atomic E-state index is 12.2. The Kier molecular flexibility index (Phi) is 5.57. The van der Waals surface area contributed by atoms with Crippen LogP contribution < -0.4 is 15.5 Å². The van der Waals surface area contributed by atoms with Gasteiger partial charge in [-0.1, -0.05) is 6.92 Å². The van der Waals surface area contributed by atoms with E-state index in [1.165, 1.54) is 0 Å². The average molecular weight is 312 g/mol. The number of hydrogen-bond donors (Lipinski definition) is 2. The summed E-state index contributed by atoms with van der Waals surface area (Å²) in [5, 5.41) is 6.22. The zero-order chi connectivity index (χ0) is 16.8. The predicted octanol–water partition coefficient (Wildman–Crippen LogP) is 3.42. The van der Waals surface area contributed by atoms with Crippen molar-refractivity contribution in [3.8, 4) is 0 Å². The van der Waals surface area contributed by atoms with E-state index in [-0.39, 0.29) is 11.9 Å². The third-order valence-electron chi connectivity index (χ3n) is 3.66. The number of nitrogens with zero attached hydrogens (tertiary/aromatic N) is 2. The summed E-state index contributed by atoms with van der Waals surface area (Å²) in [7, 11) is 4.01. The minimum atomic E-state index is -0.0987. The van der Waals surface area contributed by atoms with Crippen LogP contribution in [0.15, 0.2) is 42.7 Å². The standard InChI is InChI=1S/C18H24N4O/c1-5-13(2)20-18(23)14-10-16(12-19-11-14)21-15-6-8-17(9-7-15)22(3)4/h6-13,21H,5H2,1-4H3,(H,20,23). The number of carbonyl (C=O) groups is 1. The fraction of sp³-hybridized carbons (Fsp3) is 0.333. The van der Waals surface area contributed by atoms with Crippen molar-refractivity contribution in [2.75, 3.05) is 24.3 Å². The maximum absolute atomic E-state index is 12.2. The molecule has 0 fully saturated rings. The molecule has 0 aliphatic carbocycles. The van der Waals surface area contributed by atoms with E-state index in [1.54, 1.807) is 12.4 Å². The lowest BCUT2D eigenvalue weighted by atomic mass is 10.2. The second-order valence-electron chi connectivity index (χ2n) is 5.81.